The molecule has 0 spiro atoms. The van der Waals surface area contributed by atoms with Crippen LogP contribution in [0.3, 0.4) is 0 Å². The number of carbonyl (C=O) groups excluding carboxylic acids is 2. The van der Waals surface area contributed by atoms with Crippen LogP contribution in [0.4, 0.5) is 13.2 Å². The lowest BCUT2D eigenvalue weighted by molar-refractivity contribution is -0.275. The van der Waals surface area contributed by atoms with Crippen LogP contribution in [0, 0.1) is 6.92 Å². The summed E-state index contributed by atoms with van der Waals surface area (Å²) in [6.45, 7) is 1.56. The van der Waals surface area contributed by atoms with Crippen molar-refractivity contribution in [2.45, 2.75) is 37.8 Å². The van der Waals surface area contributed by atoms with Gasteiger partial charge in [-0.05, 0) is 42.3 Å². The van der Waals surface area contributed by atoms with E-state index in [2.05, 4.69) is 10.3 Å². The molecule has 0 fully saturated rings. The monoisotopic (exact) mass is 581 g/mol. The van der Waals surface area contributed by atoms with Crippen LogP contribution in [0.5, 0.6) is 0 Å². The largest absolute Gasteiger partial charge is 0.435 e. The molecule has 0 saturated heterocycles. The van der Waals surface area contributed by atoms with Crippen molar-refractivity contribution in [1.29, 1.82) is 0 Å². The van der Waals surface area contributed by atoms with Gasteiger partial charge in [0.2, 0.25) is 12.6 Å². The summed E-state index contributed by atoms with van der Waals surface area (Å²) in [6.07, 6.45) is -6.25. The zero-order valence-corrected chi connectivity index (χ0v) is 21.1. The Balaban J connectivity index is 1.62. The van der Waals surface area contributed by atoms with Crippen LogP contribution in [0.15, 0.2) is 40.6 Å². The molecule has 0 N–H and O–H groups in total. The minimum absolute atomic E-state index is 0.0248. The standard InChI is InChI=1S/C22H14Cl4F3N3O4/c1-10-4-11(2-3-13(10)20(34)32(9-33)18-7-17(25)31-35-18)16-8-21(36-30-16,22(27,28)29)12-5-14(23)19(26)15(24)6-12/h2-6,9,18H,7-8H2,1H3/t18?,21-/m0/s1. The highest BCUT2D eigenvalue weighted by atomic mass is 35.5. The fraction of sp³-hybridized carbons (Fsp3) is 0.273. The first-order valence-electron chi connectivity index (χ1n) is 10.1. The van der Waals surface area contributed by atoms with Crippen molar-refractivity contribution in [2.24, 2.45) is 10.3 Å². The van der Waals surface area contributed by atoms with Crippen LogP contribution in [-0.2, 0) is 20.1 Å². The summed E-state index contributed by atoms with van der Waals surface area (Å²) in [6, 6.07) is 6.30. The summed E-state index contributed by atoms with van der Waals surface area (Å²) >= 11 is 23.6. The van der Waals surface area contributed by atoms with Gasteiger partial charge in [0.25, 0.3) is 11.5 Å². The number of carbonyl (C=O) groups is 2. The Morgan fingerprint density at radius 2 is 1.81 bits per heavy atom. The Hall–Kier alpha value is -2.53. The molecule has 36 heavy (non-hydrogen) atoms. The van der Waals surface area contributed by atoms with E-state index in [1.165, 1.54) is 18.2 Å². The Labute approximate surface area is 222 Å². The average Bonchev–Trinajstić information content (AvgIpc) is 3.45. The summed E-state index contributed by atoms with van der Waals surface area (Å²) in [5, 5.41) is 6.88. The number of nitrogens with zero attached hydrogens (tertiary/aromatic N) is 3. The van der Waals surface area contributed by atoms with Crippen LogP contribution in [0.25, 0.3) is 0 Å². The number of halogens is 7. The first-order valence-corrected chi connectivity index (χ1v) is 11.6. The second-order valence-electron chi connectivity index (χ2n) is 7.96. The molecule has 2 aliphatic rings. The maximum atomic E-state index is 14.3. The molecule has 0 radical (unpaired) electrons. The smallest absolute Gasteiger partial charge is 0.374 e. The minimum atomic E-state index is -4.89. The minimum Gasteiger partial charge on any atom is -0.374 e. The molecule has 14 heteroatoms. The molecule has 4 rings (SSSR count). The Morgan fingerprint density at radius 3 is 2.33 bits per heavy atom. The van der Waals surface area contributed by atoms with Gasteiger partial charge in [-0.25, -0.2) is 4.90 Å². The van der Waals surface area contributed by atoms with Crippen molar-refractivity contribution < 1.29 is 32.4 Å². The van der Waals surface area contributed by atoms with E-state index < -0.39 is 30.3 Å². The maximum Gasteiger partial charge on any atom is 0.435 e. The number of hydrogen-bond donors (Lipinski definition) is 0. The van der Waals surface area contributed by atoms with E-state index in [0.717, 1.165) is 17.0 Å². The number of oxime groups is 2. The van der Waals surface area contributed by atoms with Gasteiger partial charge in [0.15, 0.2) is 5.17 Å². The summed E-state index contributed by atoms with van der Waals surface area (Å²) in [7, 11) is 0. The van der Waals surface area contributed by atoms with Crippen molar-refractivity contribution in [3.8, 4) is 0 Å². The second kappa shape index (κ2) is 9.74. The van der Waals surface area contributed by atoms with Gasteiger partial charge in [-0.2, -0.15) is 13.2 Å². The van der Waals surface area contributed by atoms with Crippen molar-refractivity contribution in [3.05, 3.63) is 67.7 Å². The molecule has 2 atom stereocenters. The molecule has 2 aromatic rings. The van der Waals surface area contributed by atoms with E-state index in [0.29, 0.717) is 12.0 Å². The average molecular weight is 583 g/mol. The van der Waals surface area contributed by atoms with Crippen molar-refractivity contribution in [3.63, 3.8) is 0 Å². The van der Waals surface area contributed by atoms with E-state index in [9.17, 15) is 22.8 Å². The molecule has 2 heterocycles. The number of benzene rings is 2. The molecule has 2 amide bonds. The lowest BCUT2D eigenvalue weighted by atomic mass is 9.86. The SMILES string of the molecule is Cc1cc(C2=NO[C@@](c3cc(Cl)c(Cl)c(Cl)c3)(C(F)(F)F)C2)ccc1C(=O)N(C=O)C1CC(Cl)=NO1. The topological polar surface area (TPSA) is 80.6 Å². The van der Waals surface area contributed by atoms with E-state index >= 15 is 0 Å². The number of alkyl halides is 3. The molecule has 0 bridgehead atoms. The van der Waals surface area contributed by atoms with Gasteiger partial charge in [-0.1, -0.05) is 62.8 Å². The molecule has 1 unspecified atom stereocenters. The molecule has 2 aliphatic heterocycles. The van der Waals surface area contributed by atoms with Crippen LogP contribution in [-0.4, -0.2) is 40.5 Å². The van der Waals surface area contributed by atoms with E-state index in [1.54, 1.807) is 6.92 Å². The first-order chi connectivity index (χ1) is 16.9. The van der Waals surface area contributed by atoms with Crippen molar-refractivity contribution >= 4 is 69.6 Å². The van der Waals surface area contributed by atoms with E-state index in [-0.39, 0.29) is 49.1 Å². The fourth-order valence-electron chi connectivity index (χ4n) is 3.80. The fourth-order valence-corrected chi connectivity index (χ4v) is 4.57. The molecule has 0 saturated carbocycles. The summed E-state index contributed by atoms with van der Waals surface area (Å²) in [5.74, 6) is -0.694. The van der Waals surface area contributed by atoms with Crippen LogP contribution in [0.1, 0.15) is 39.9 Å². The predicted molar refractivity (Wildman–Crippen MR) is 128 cm³/mol. The quantitative estimate of drug-likeness (QED) is 0.300. The highest BCUT2D eigenvalue weighted by molar-refractivity contribution is 6.65. The Kier molecular flexibility index (Phi) is 7.18. The number of rotatable bonds is 5. The van der Waals surface area contributed by atoms with E-state index in [4.69, 9.17) is 56.1 Å². The lowest BCUT2D eigenvalue weighted by Crippen LogP contribution is -2.42. The maximum absolute atomic E-state index is 14.3. The number of hydrogen-bond acceptors (Lipinski definition) is 6. The Bertz CT molecular complexity index is 1290. The van der Waals surface area contributed by atoms with Gasteiger partial charge < -0.3 is 9.68 Å². The summed E-state index contributed by atoms with van der Waals surface area (Å²) in [4.78, 5) is 35.2. The zero-order valence-electron chi connectivity index (χ0n) is 18.1. The third-order valence-electron chi connectivity index (χ3n) is 5.70. The molecule has 0 aromatic heterocycles. The van der Waals surface area contributed by atoms with Gasteiger partial charge in [-0.3, -0.25) is 9.59 Å². The normalized spacial score (nSPS) is 21.4. The molecule has 7 nitrogen and oxygen atoms in total. The van der Waals surface area contributed by atoms with Gasteiger partial charge in [0.05, 0.1) is 27.2 Å². The number of imide groups is 1. The van der Waals surface area contributed by atoms with E-state index in [1.807, 2.05) is 0 Å². The number of amides is 2. The van der Waals surface area contributed by atoms with Gasteiger partial charge in [0.1, 0.15) is 0 Å². The zero-order chi connectivity index (χ0) is 26.4. The second-order valence-corrected chi connectivity index (χ2v) is 9.59. The van der Waals surface area contributed by atoms with Crippen LogP contribution < -0.4 is 0 Å². The highest BCUT2D eigenvalue weighted by Gasteiger charge is 2.62. The summed E-state index contributed by atoms with van der Waals surface area (Å²) < 4.78 is 42.8. The summed E-state index contributed by atoms with van der Waals surface area (Å²) in [5.41, 5.74) is -2.47. The van der Waals surface area contributed by atoms with Crippen molar-refractivity contribution in [2.75, 3.05) is 0 Å². The predicted octanol–water partition coefficient (Wildman–Crippen LogP) is 6.43. The molecule has 0 aliphatic carbocycles. The molecule has 2 aromatic carbocycles. The van der Waals surface area contributed by atoms with Crippen LogP contribution in [0.2, 0.25) is 15.1 Å². The lowest BCUT2D eigenvalue weighted by Gasteiger charge is -2.30. The van der Waals surface area contributed by atoms with Gasteiger partial charge in [0, 0.05) is 17.5 Å². The van der Waals surface area contributed by atoms with Gasteiger partial charge in [-0.15, -0.1) is 0 Å². The molecule has 190 valence electrons. The molecular weight excluding hydrogens is 569 g/mol. The van der Waals surface area contributed by atoms with Crippen molar-refractivity contribution in [1.82, 2.24) is 4.90 Å². The highest BCUT2D eigenvalue weighted by Crippen LogP contribution is 2.50. The third kappa shape index (κ3) is 4.63. The Morgan fingerprint density at radius 1 is 1.14 bits per heavy atom. The third-order valence-corrected chi connectivity index (χ3v) is 7.12. The van der Waals surface area contributed by atoms with Crippen LogP contribution >= 0.6 is 46.4 Å². The molecular formula is C22H14Cl4F3N3O4. The first kappa shape index (κ1) is 26.5. The number of aryl methyl sites for hydroxylation is 1. The van der Waals surface area contributed by atoms with Gasteiger partial charge >= 0.3 is 6.18 Å².